The SMILES string of the molecule is COc1ccccc1-c1nn(CC(C)C)c(N)c1C=O. The first-order valence-corrected chi connectivity index (χ1v) is 6.53. The third-order valence-corrected chi connectivity index (χ3v) is 3.05. The quantitative estimate of drug-likeness (QED) is 0.850. The molecule has 0 radical (unpaired) electrons. The fourth-order valence-corrected chi connectivity index (χ4v) is 2.13. The lowest BCUT2D eigenvalue weighted by atomic mass is 10.1. The third-order valence-electron chi connectivity index (χ3n) is 3.05. The number of carbonyl (C=O) groups excluding carboxylic acids is 1. The zero-order valence-corrected chi connectivity index (χ0v) is 12.0. The van der Waals surface area contributed by atoms with Crippen molar-refractivity contribution in [2.24, 2.45) is 5.92 Å². The first kappa shape index (κ1) is 14.1. The van der Waals surface area contributed by atoms with Gasteiger partial charge in [-0.3, -0.25) is 4.79 Å². The number of benzene rings is 1. The molecule has 0 aliphatic carbocycles. The minimum atomic E-state index is 0.391. The molecule has 0 fully saturated rings. The average molecular weight is 273 g/mol. The number of anilines is 1. The second-order valence-electron chi connectivity index (χ2n) is 5.04. The predicted octanol–water partition coefficient (Wildman–Crippen LogP) is 2.61. The van der Waals surface area contributed by atoms with Crippen LogP contribution in [0.4, 0.5) is 5.82 Å². The van der Waals surface area contributed by atoms with Crippen molar-refractivity contribution in [1.82, 2.24) is 9.78 Å². The van der Waals surface area contributed by atoms with Crippen LogP contribution >= 0.6 is 0 Å². The van der Waals surface area contributed by atoms with E-state index in [4.69, 9.17) is 10.5 Å². The van der Waals surface area contributed by atoms with Crippen molar-refractivity contribution in [3.63, 3.8) is 0 Å². The molecule has 0 unspecified atom stereocenters. The number of nitrogens with two attached hydrogens (primary N) is 1. The number of hydrogen-bond acceptors (Lipinski definition) is 4. The summed E-state index contributed by atoms with van der Waals surface area (Å²) in [6.45, 7) is 4.82. The summed E-state index contributed by atoms with van der Waals surface area (Å²) in [5, 5.41) is 4.48. The van der Waals surface area contributed by atoms with E-state index >= 15 is 0 Å². The number of rotatable bonds is 5. The minimum Gasteiger partial charge on any atom is -0.496 e. The van der Waals surface area contributed by atoms with Gasteiger partial charge in [0, 0.05) is 12.1 Å². The fraction of sp³-hybridized carbons (Fsp3) is 0.333. The molecular weight excluding hydrogens is 254 g/mol. The molecule has 0 aliphatic heterocycles. The molecule has 5 nitrogen and oxygen atoms in total. The van der Waals surface area contributed by atoms with Crippen molar-refractivity contribution >= 4 is 12.1 Å². The lowest BCUT2D eigenvalue weighted by Crippen LogP contribution is -2.09. The first-order valence-electron chi connectivity index (χ1n) is 6.53. The highest BCUT2D eigenvalue weighted by Gasteiger charge is 2.19. The van der Waals surface area contributed by atoms with Crippen LogP contribution in [-0.2, 0) is 6.54 Å². The van der Waals surface area contributed by atoms with Gasteiger partial charge in [0.1, 0.15) is 17.3 Å². The van der Waals surface area contributed by atoms with E-state index in [1.807, 2.05) is 24.3 Å². The Hall–Kier alpha value is -2.30. The monoisotopic (exact) mass is 273 g/mol. The van der Waals surface area contributed by atoms with E-state index in [1.54, 1.807) is 11.8 Å². The van der Waals surface area contributed by atoms with Crippen LogP contribution in [0.1, 0.15) is 24.2 Å². The van der Waals surface area contributed by atoms with E-state index in [0.29, 0.717) is 35.3 Å². The molecule has 2 rings (SSSR count). The second-order valence-corrected chi connectivity index (χ2v) is 5.04. The summed E-state index contributed by atoms with van der Waals surface area (Å²) in [7, 11) is 1.59. The van der Waals surface area contributed by atoms with Gasteiger partial charge in [-0.1, -0.05) is 26.0 Å². The third kappa shape index (κ3) is 2.52. The van der Waals surface area contributed by atoms with Crippen LogP contribution in [0, 0.1) is 5.92 Å². The van der Waals surface area contributed by atoms with E-state index < -0.39 is 0 Å². The van der Waals surface area contributed by atoms with Gasteiger partial charge in [-0.05, 0) is 18.1 Å². The Bertz CT molecular complexity index is 618. The van der Waals surface area contributed by atoms with Crippen LogP contribution < -0.4 is 10.5 Å². The Morgan fingerprint density at radius 3 is 2.70 bits per heavy atom. The van der Waals surface area contributed by atoms with Gasteiger partial charge in [-0.15, -0.1) is 0 Å². The van der Waals surface area contributed by atoms with E-state index in [2.05, 4.69) is 18.9 Å². The van der Waals surface area contributed by atoms with Gasteiger partial charge in [0.2, 0.25) is 0 Å². The van der Waals surface area contributed by atoms with Gasteiger partial charge < -0.3 is 10.5 Å². The molecule has 2 aromatic rings. The maximum atomic E-state index is 11.3. The Balaban J connectivity index is 2.59. The zero-order valence-electron chi connectivity index (χ0n) is 12.0. The molecule has 0 aliphatic rings. The summed E-state index contributed by atoms with van der Waals surface area (Å²) < 4.78 is 7.00. The Morgan fingerprint density at radius 2 is 2.10 bits per heavy atom. The van der Waals surface area contributed by atoms with Gasteiger partial charge in [-0.2, -0.15) is 5.10 Å². The summed E-state index contributed by atoms with van der Waals surface area (Å²) in [5.74, 6) is 1.46. The van der Waals surface area contributed by atoms with Crippen molar-refractivity contribution in [2.75, 3.05) is 12.8 Å². The normalized spacial score (nSPS) is 10.8. The predicted molar refractivity (Wildman–Crippen MR) is 78.9 cm³/mol. The van der Waals surface area contributed by atoms with Crippen LogP contribution in [0.25, 0.3) is 11.3 Å². The van der Waals surface area contributed by atoms with Crippen molar-refractivity contribution in [3.8, 4) is 17.0 Å². The van der Waals surface area contributed by atoms with Gasteiger partial charge >= 0.3 is 0 Å². The molecule has 0 atom stereocenters. The molecule has 0 spiro atoms. The molecule has 1 aromatic carbocycles. The molecule has 0 bridgehead atoms. The lowest BCUT2D eigenvalue weighted by molar-refractivity contribution is 0.112. The number of methoxy groups -OCH3 is 1. The summed E-state index contributed by atoms with van der Waals surface area (Å²) in [5.41, 5.74) is 7.77. The van der Waals surface area contributed by atoms with Gasteiger partial charge in [0.25, 0.3) is 0 Å². The van der Waals surface area contributed by atoms with Gasteiger partial charge in [0.05, 0.1) is 12.7 Å². The summed E-state index contributed by atoms with van der Waals surface area (Å²) in [6, 6.07) is 7.45. The number of hydrogen-bond donors (Lipinski definition) is 1. The number of ether oxygens (including phenoxy) is 1. The molecule has 1 heterocycles. The summed E-state index contributed by atoms with van der Waals surface area (Å²) >= 11 is 0. The van der Waals surface area contributed by atoms with Crippen molar-refractivity contribution < 1.29 is 9.53 Å². The molecule has 0 saturated heterocycles. The highest BCUT2D eigenvalue weighted by atomic mass is 16.5. The number of nitrogens with zero attached hydrogens (tertiary/aromatic N) is 2. The van der Waals surface area contributed by atoms with Crippen LogP contribution in [-0.4, -0.2) is 23.2 Å². The standard InChI is InChI=1S/C15H19N3O2/c1-10(2)8-18-15(16)12(9-19)14(17-18)11-6-4-5-7-13(11)20-3/h4-7,9-10H,8,16H2,1-3H3. The molecule has 20 heavy (non-hydrogen) atoms. The van der Waals surface area contributed by atoms with Crippen molar-refractivity contribution in [2.45, 2.75) is 20.4 Å². The van der Waals surface area contributed by atoms with E-state index in [0.717, 1.165) is 11.8 Å². The smallest absolute Gasteiger partial charge is 0.156 e. The lowest BCUT2D eigenvalue weighted by Gasteiger charge is -2.07. The average Bonchev–Trinajstić information content (AvgIpc) is 2.74. The summed E-state index contributed by atoms with van der Waals surface area (Å²) in [6.07, 6.45) is 0.751. The molecule has 5 heteroatoms. The Morgan fingerprint density at radius 1 is 1.40 bits per heavy atom. The van der Waals surface area contributed by atoms with Gasteiger partial charge in [0.15, 0.2) is 6.29 Å². The molecule has 2 N–H and O–H groups in total. The Kier molecular flexibility index (Phi) is 4.08. The van der Waals surface area contributed by atoms with Crippen molar-refractivity contribution in [1.29, 1.82) is 0 Å². The van der Waals surface area contributed by atoms with Crippen LogP contribution in [0.2, 0.25) is 0 Å². The van der Waals surface area contributed by atoms with E-state index in [-0.39, 0.29) is 0 Å². The second kappa shape index (κ2) is 5.77. The Labute approximate surface area is 118 Å². The van der Waals surface area contributed by atoms with E-state index in [9.17, 15) is 4.79 Å². The maximum absolute atomic E-state index is 11.3. The number of nitrogen functional groups attached to an aromatic ring is 1. The zero-order chi connectivity index (χ0) is 14.7. The van der Waals surface area contributed by atoms with Crippen LogP contribution in [0.5, 0.6) is 5.75 Å². The summed E-state index contributed by atoms with van der Waals surface area (Å²) in [4.78, 5) is 11.3. The molecular formula is C15H19N3O2. The topological polar surface area (TPSA) is 70.1 Å². The number of aromatic nitrogens is 2. The number of para-hydroxylation sites is 1. The molecule has 0 amide bonds. The van der Waals surface area contributed by atoms with Crippen LogP contribution in [0.15, 0.2) is 24.3 Å². The minimum absolute atomic E-state index is 0.391. The molecule has 0 saturated carbocycles. The van der Waals surface area contributed by atoms with Crippen molar-refractivity contribution in [3.05, 3.63) is 29.8 Å². The molecule has 106 valence electrons. The van der Waals surface area contributed by atoms with Gasteiger partial charge in [-0.25, -0.2) is 4.68 Å². The number of aldehydes is 1. The van der Waals surface area contributed by atoms with Crippen LogP contribution in [0.3, 0.4) is 0 Å². The fourth-order valence-electron chi connectivity index (χ4n) is 2.13. The molecule has 1 aromatic heterocycles. The highest BCUT2D eigenvalue weighted by molar-refractivity contribution is 5.92. The largest absolute Gasteiger partial charge is 0.496 e. The maximum Gasteiger partial charge on any atom is 0.156 e. The van der Waals surface area contributed by atoms with E-state index in [1.165, 1.54) is 0 Å². The number of carbonyl (C=O) groups is 1. The highest BCUT2D eigenvalue weighted by Crippen LogP contribution is 2.33. The first-order chi connectivity index (χ1) is 9.58.